The number of aromatic nitrogens is 3. The number of pyridine rings is 1. The number of benzene rings is 1. The molecular weight excluding hydrogens is 258 g/mol. The normalized spacial score (nSPS) is 10.8. The molecule has 0 atom stereocenters. The molecule has 20 heavy (non-hydrogen) atoms. The van der Waals surface area contributed by atoms with Gasteiger partial charge in [0.15, 0.2) is 5.65 Å². The number of anilines is 1. The second kappa shape index (κ2) is 4.30. The van der Waals surface area contributed by atoms with Gasteiger partial charge in [-0.2, -0.15) is 0 Å². The van der Waals surface area contributed by atoms with Gasteiger partial charge in [-0.25, -0.2) is 9.97 Å². The molecule has 0 fully saturated rings. The molecule has 7 heteroatoms. The summed E-state index contributed by atoms with van der Waals surface area (Å²) in [6, 6.07) is 8.01. The van der Waals surface area contributed by atoms with E-state index in [0.717, 1.165) is 5.52 Å². The maximum Gasteiger partial charge on any atom is 0.270 e. The zero-order valence-corrected chi connectivity index (χ0v) is 10.6. The van der Waals surface area contributed by atoms with E-state index in [1.807, 2.05) is 23.7 Å². The van der Waals surface area contributed by atoms with Crippen molar-refractivity contribution in [3.63, 3.8) is 0 Å². The Kier molecular flexibility index (Phi) is 2.60. The van der Waals surface area contributed by atoms with Crippen LogP contribution in [0.5, 0.6) is 0 Å². The molecule has 2 aromatic heterocycles. The van der Waals surface area contributed by atoms with Gasteiger partial charge in [-0.1, -0.05) is 0 Å². The van der Waals surface area contributed by atoms with E-state index in [1.54, 1.807) is 6.20 Å². The Morgan fingerprint density at radius 1 is 1.35 bits per heavy atom. The van der Waals surface area contributed by atoms with Crippen LogP contribution in [0.25, 0.3) is 22.6 Å². The minimum absolute atomic E-state index is 0.0192. The number of rotatable bonds is 2. The van der Waals surface area contributed by atoms with Gasteiger partial charge in [-0.15, -0.1) is 0 Å². The Morgan fingerprint density at radius 2 is 2.15 bits per heavy atom. The van der Waals surface area contributed by atoms with Crippen LogP contribution in [0.4, 0.5) is 11.4 Å². The van der Waals surface area contributed by atoms with E-state index in [1.165, 1.54) is 18.2 Å². The first-order valence-electron chi connectivity index (χ1n) is 5.89. The lowest BCUT2D eigenvalue weighted by atomic mass is 10.1. The summed E-state index contributed by atoms with van der Waals surface area (Å²) < 4.78 is 1.82. The minimum Gasteiger partial charge on any atom is -0.398 e. The zero-order chi connectivity index (χ0) is 14.3. The topological polar surface area (TPSA) is 99.9 Å². The van der Waals surface area contributed by atoms with Crippen molar-refractivity contribution in [3.05, 3.63) is 46.6 Å². The van der Waals surface area contributed by atoms with Crippen molar-refractivity contribution in [1.29, 1.82) is 0 Å². The molecule has 0 spiro atoms. The number of hydrogen-bond donors (Lipinski definition) is 1. The van der Waals surface area contributed by atoms with E-state index < -0.39 is 4.92 Å². The van der Waals surface area contributed by atoms with Crippen molar-refractivity contribution in [2.24, 2.45) is 7.05 Å². The summed E-state index contributed by atoms with van der Waals surface area (Å²) in [6.45, 7) is 0. The molecule has 100 valence electrons. The van der Waals surface area contributed by atoms with Crippen molar-refractivity contribution < 1.29 is 4.92 Å². The summed E-state index contributed by atoms with van der Waals surface area (Å²) in [5.74, 6) is 0.555. The summed E-state index contributed by atoms with van der Waals surface area (Å²) in [6.07, 6.45) is 1.65. The van der Waals surface area contributed by atoms with Crippen molar-refractivity contribution in [1.82, 2.24) is 14.5 Å². The van der Waals surface area contributed by atoms with Crippen LogP contribution < -0.4 is 5.73 Å². The molecule has 0 amide bonds. The number of nitro benzene ring substituents is 1. The van der Waals surface area contributed by atoms with Gasteiger partial charge >= 0.3 is 0 Å². The van der Waals surface area contributed by atoms with E-state index in [2.05, 4.69) is 9.97 Å². The van der Waals surface area contributed by atoms with Gasteiger partial charge in [0.25, 0.3) is 5.69 Å². The fraction of sp³-hybridized carbons (Fsp3) is 0.0769. The smallest absolute Gasteiger partial charge is 0.270 e. The molecule has 0 saturated carbocycles. The maximum atomic E-state index is 10.9. The number of nitrogens with zero attached hydrogens (tertiary/aromatic N) is 4. The number of imidazole rings is 1. The summed E-state index contributed by atoms with van der Waals surface area (Å²) in [5, 5.41) is 10.9. The molecule has 0 unspecified atom stereocenters. The average Bonchev–Trinajstić information content (AvgIpc) is 2.77. The maximum absolute atomic E-state index is 10.9. The molecule has 3 rings (SSSR count). The van der Waals surface area contributed by atoms with Crippen LogP contribution in [0.3, 0.4) is 0 Å². The van der Waals surface area contributed by atoms with Crippen molar-refractivity contribution >= 4 is 22.5 Å². The lowest BCUT2D eigenvalue weighted by Crippen LogP contribution is -1.98. The van der Waals surface area contributed by atoms with Gasteiger partial charge in [0.05, 0.1) is 10.4 Å². The van der Waals surface area contributed by atoms with Crippen LogP contribution >= 0.6 is 0 Å². The first-order valence-corrected chi connectivity index (χ1v) is 5.89. The highest BCUT2D eigenvalue weighted by molar-refractivity contribution is 5.82. The lowest BCUT2D eigenvalue weighted by molar-refractivity contribution is -0.384. The van der Waals surface area contributed by atoms with Gasteiger partial charge in [-0.05, 0) is 18.2 Å². The zero-order valence-electron chi connectivity index (χ0n) is 10.6. The highest BCUT2D eigenvalue weighted by atomic mass is 16.6. The third-order valence-corrected chi connectivity index (χ3v) is 3.15. The van der Waals surface area contributed by atoms with Gasteiger partial charge in [-0.3, -0.25) is 10.1 Å². The van der Waals surface area contributed by atoms with Crippen LogP contribution in [0.1, 0.15) is 0 Å². The van der Waals surface area contributed by atoms with Crippen LogP contribution in [0, 0.1) is 10.1 Å². The number of nitro groups is 1. The molecule has 7 nitrogen and oxygen atoms in total. The second-order valence-corrected chi connectivity index (χ2v) is 4.37. The number of aryl methyl sites for hydroxylation is 1. The third kappa shape index (κ3) is 1.76. The Bertz CT molecular complexity index is 825. The predicted octanol–water partition coefficient (Wildman–Crippen LogP) is 2.13. The molecule has 0 saturated heterocycles. The average molecular weight is 269 g/mol. The molecule has 0 aliphatic carbocycles. The molecule has 2 heterocycles. The lowest BCUT2D eigenvalue weighted by Gasteiger charge is -2.05. The summed E-state index contributed by atoms with van der Waals surface area (Å²) >= 11 is 0. The van der Waals surface area contributed by atoms with Crippen molar-refractivity contribution in [3.8, 4) is 11.4 Å². The molecule has 0 aliphatic heterocycles. The molecule has 0 radical (unpaired) electrons. The molecule has 0 bridgehead atoms. The Hall–Kier alpha value is -2.96. The summed E-state index contributed by atoms with van der Waals surface area (Å²) in [5.41, 5.74) is 8.28. The van der Waals surface area contributed by atoms with E-state index in [0.29, 0.717) is 22.7 Å². The fourth-order valence-corrected chi connectivity index (χ4v) is 2.12. The summed E-state index contributed by atoms with van der Waals surface area (Å²) in [7, 11) is 1.82. The van der Waals surface area contributed by atoms with E-state index >= 15 is 0 Å². The number of non-ortho nitro benzene ring substituents is 1. The third-order valence-electron chi connectivity index (χ3n) is 3.15. The van der Waals surface area contributed by atoms with Gasteiger partial charge in [0.1, 0.15) is 5.82 Å². The van der Waals surface area contributed by atoms with Crippen LogP contribution in [-0.4, -0.2) is 19.5 Å². The van der Waals surface area contributed by atoms with Crippen molar-refractivity contribution in [2.45, 2.75) is 0 Å². The first kappa shape index (κ1) is 12.1. The van der Waals surface area contributed by atoms with E-state index in [9.17, 15) is 10.1 Å². The molecule has 3 aromatic rings. The van der Waals surface area contributed by atoms with Gasteiger partial charge in [0.2, 0.25) is 0 Å². The number of hydrogen-bond acceptors (Lipinski definition) is 5. The predicted molar refractivity (Wildman–Crippen MR) is 75.0 cm³/mol. The minimum atomic E-state index is -0.455. The van der Waals surface area contributed by atoms with Gasteiger partial charge < -0.3 is 10.3 Å². The standard InChI is InChI=1S/C13H11N5O2/c1-17-11-3-2-6-15-12(11)16-13(17)9-7-8(18(19)20)4-5-10(9)14/h2-7H,14H2,1H3. The van der Waals surface area contributed by atoms with Crippen LogP contribution in [0.15, 0.2) is 36.5 Å². The second-order valence-electron chi connectivity index (χ2n) is 4.37. The number of nitrogens with two attached hydrogens (primary N) is 1. The fourth-order valence-electron chi connectivity index (χ4n) is 2.12. The molecular formula is C13H11N5O2. The van der Waals surface area contributed by atoms with Crippen LogP contribution in [-0.2, 0) is 7.05 Å². The van der Waals surface area contributed by atoms with Crippen molar-refractivity contribution in [2.75, 3.05) is 5.73 Å². The number of fused-ring (bicyclic) bond motifs is 1. The highest BCUT2D eigenvalue weighted by Crippen LogP contribution is 2.30. The quantitative estimate of drug-likeness (QED) is 0.436. The Balaban J connectivity index is 2.27. The SMILES string of the molecule is Cn1c(-c2cc([N+](=O)[O-])ccc2N)nc2ncccc21. The summed E-state index contributed by atoms with van der Waals surface area (Å²) in [4.78, 5) is 19.0. The molecule has 2 N–H and O–H groups in total. The van der Waals surface area contributed by atoms with Crippen LogP contribution in [0.2, 0.25) is 0 Å². The van der Waals surface area contributed by atoms with E-state index in [4.69, 9.17) is 5.73 Å². The molecule has 0 aliphatic rings. The first-order chi connectivity index (χ1) is 9.58. The Morgan fingerprint density at radius 3 is 2.85 bits per heavy atom. The highest BCUT2D eigenvalue weighted by Gasteiger charge is 2.16. The monoisotopic (exact) mass is 269 g/mol. The van der Waals surface area contributed by atoms with Gasteiger partial charge in [0, 0.05) is 36.6 Å². The largest absolute Gasteiger partial charge is 0.398 e. The number of nitrogen functional groups attached to an aromatic ring is 1. The molecule has 1 aromatic carbocycles. The van der Waals surface area contributed by atoms with E-state index in [-0.39, 0.29) is 5.69 Å². The Labute approximate surface area is 113 Å².